The average molecular weight is 327 g/mol. The second-order valence-corrected chi connectivity index (χ2v) is 6.54. The van der Waals surface area contributed by atoms with Gasteiger partial charge in [-0.3, -0.25) is 0 Å². The zero-order valence-corrected chi connectivity index (χ0v) is 13.1. The number of nitrogens with one attached hydrogen (secondary N) is 1. The molecule has 0 aromatic carbocycles. The minimum absolute atomic E-state index is 0.121. The zero-order chi connectivity index (χ0) is 16.3. The molecular formula is C12H20F3N3O2S. The number of hydrogen-bond acceptors (Lipinski definition) is 3. The highest BCUT2D eigenvalue weighted by Gasteiger charge is 2.36. The predicted octanol–water partition coefficient (Wildman–Crippen LogP) is 1.71. The summed E-state index contributed by atoms with van der Waals surface area (Å²) in [5.41, 5.74) is 0.693. The van der Waals surface area contributed by atoms with Gasteiger partial charge in [-0.15, -0.1) is 0 Å². The molecule has 1 aromatic rings. The maximum Gasteiger partial charge on any atom is 0.402 e. The molecule has 0 aliphatic heterocycles. The second kappa shape index (κ2) is 6.80. The molecule has 122 valence electrons. The van der Waals surface area contributed by atoms with E-state index in [1.54, 1.807) is 11.6 Å². The molecule has 0 fully saturated rings. The number of nitrogens with zero attached hydrogens (tertiary/aromatic N) is 2. The Morgan fingerprint density at radius 2 is 1.95 bits per heavy atom. The van der Waals surface area contributed by atoms with Crippen LogP contribution < -0.4 is 5.32 Å². The summed E-state index contributed by atoms with van der Waals surface area (Å²) in [7, 11) is -2.49. The number of halogens is 3. The summed E-state index contributed by atoms with van der Waals surface area (Å²) in [5.74, 6) is 0. The number of alkyl halides is 3. The lowest BCUT2D eigenvalue weighted by Crippen LogP contribution is -2.38. The third-order valence-electron chi connectivity index (χ3n) is 2.99. The van der Waals surface area contributed by atoms with Crippen LogP contribution in [-0.2, 0) is 23.6 Å². The molecule has 1 rings (SSSR count). The molecule has 0 saturated heterocycles. The van der Waals surface area contributed by atoms with Gasteiger partial charge in [-0.2, -0.15) is 17.5 Å². The van der Waals surface area contributed by atoms with E-state index in [0.717, 1.165) is 0 Å². The summed E-state index contributed by atoms with van der Waals surface area (Å²) in [6.45, 7) is 2.73. The molecule has 0 aliphatic rings. The van der Waals surface area contributed by atoms with Gasteiger partial charge in [0.25, 0.3) is 0 Å². The zero-order valence-electron chi connectivity index (χ0n) is 12.2. The molecule has 1 aromatic heterocycles. The Hall–Kier alpha value is -1.06. The highest BCUT2D eigenvalue weighted by atomic mass is 32.2. The van der Waals surface area contributed by atoms with Crippen molar-refractivity contribution in [2.45, 2.75) is 31.5 Å². The van der Waals surface area contributed by atoms with Crippen LogP contribution >= 0.6 is 0 Å². The van der Waals surface area contributed by atoms with Crippen LogP contribution in [0.3, 0.4) is 0 Å². The van der Waals surface area contributed by atoms with Crippen molar-refractivity contribution in [3.63, 3.8) is 0 Å². The Bertz CT molecular complexity index is 567. The first kappa shape index (κ1) is 18.0. The molecule has 5 nitrogen and oxygen atoms in total. The lowest BCUT2D eigenvalue weighted by atomic mass is 10.4. The van der Waals surface area contributed by atoms with Crippen molar-refractivity contribution < 1.29 is 21.6 Å². The van der Waals surface area contributed by atoms with Gasteiger partial charge in [-0.1, -0.05) is 13.8 Å². The summed E-state index contributed by atoms with van der Waals surface area (Å²) < 4.78 is 64.0. The summed E-state index contributed by atoms with van der Waals surface area (Å²) in [6.07, 6.45) is -3.23. The van der Waals surface area contributed by atoms with E-state index in [0.29, 0.717) is 23.1 Å². The summed E-state index contributed by atoms with van der Waals surface area (Å²) in [5, 5.41) is 3.04. The number of rotatable bonds is 7. The number of aryl methyl sites for hydroxylation is 1. The topological polar surface area (TPSA) is 54.3 Å². The van der Waals surface area contributed by atoms with E-state index in [4.69, 9.17) is 0 Å². The first-order valence-electron chi connectivity index (χ1n) is 6.54. The molecule has 0 aliphatic carbocycles. The average Bonchev–Trinajstić information content (AvgIpc) is 2.74. The monoisotopic (exact) mass is 327 g/mol. The van der Waals surface area contributed by atoms with Gasteiger partial charge in [0.15, 0.2) is 0 Å². The van der Waals surface area contributed by atoms with E-state index in [-0.39, 0.29) is 11.4 Å². The number of aromatic nitrogens is 1. The Labute approximate surface area is 122 Å². The quantitative estimate of drug-likeness (QED) is 0.829. The summed E-state index contributed by atoms with van der Waals surface area (Å²) in [6, 6.07) is 1.40. The lowest BCUT2D eigenvalue weighted by molar-refractivity contribution is -0.135. The smallest absolute Gasteiger partial charge is 0.352 e. The molecule has 1 heterocycles. The largest absolute Gasteiger partial charge is 0.402 e. The van der Waals surface area contributed by atoms with Gasteiger partial charge < -0.3 is 9.88 Å². The maximum atomic E-state index is 12.5. The van der Waals surface area contributed by atoms with Gasteiger partial charge in [0.1, 0.15) is 11.4 Å². The molecule has 0 unspecified atom stereocenters. The first-order valence-corrected chi connectivity index (χ1v) is 7.98. The molecule has 9 heteroatoms. The molecule has 1 N–H and O–H groups in total. The Morgan fingerprint density at radius 1 is 1.33 bits per heavy atom. The fraction of sp³-hybridized carbons (Fsp3) is 0.667. The Kier molecular flexibility index (Phi) is 5.83. The van der Waals surface area contributed by atoms with E-state index in [2.05, 4.69) is 5.32 Å². The Balaban J connectivity index is 3.06. The van der Waals surface area contributed by atoms with Crippen LogP contribution in [0.2, 0.25) is 0 Å². The van der Waals surface area contributed by atoms with E-state index < -0.39 is 22.7 Å². The van der Waals surface area contributed by atoms with Crippen LogP contribution in [0.5, 0.6) is 0 Å². The lowest BCUT2D eigenvalue weighted by Gasteiger charge is -2.21. The summed E-state index contributed by atoms with van der Waals surface area (Å²) in [4.78, 5) is -0.121. The van der Waals surface area contributed by atoms with E-state index in [1.165, 1.54) is 19.2 Å². The standard InChI is InChI=1S/C12H20F3N3O2S/c1-4-16-7-10-6-11(8-17(10)3)21(19,20)18(5-2)9-12(13,14)15/h6,8,16H,4-5,7,9H2,1-3H3. The molecule has 0 saturated carbocycles. The van der Waals surface area contributed by atoms with Crippen molar-refractivity contribution in [3.05, 3.63) is 18.0 Å². The minimum Gasteiger partial charge on any atom is -0.352 e. The highest BCUT2D eigenvalue weighted by molar-refractivity contribution is 7.89. The molecule has 0 radical (unpaired) electrons. The minimum atomic E-state index is -4.57. The fourth-order valence-electron chi connectivity index (χ4n) is 1.86. The van der Waals surface area contributed by atoms with Crippen molar-refractivity contribution in [3.8, 4) is 0 Å². The van der Waals surface area contributed by atoms with Crippen molar-refractivity contribution in [2.75, 3.05) is 19.6 Å². The molecule has 0 bridgehead atoms. The van der Waals surface area contributed by atoms with Crippen LogP contribution in [-0.4, -0.2) is 43.1 Å². The van der Waals surface area contributed by atoms with Crippen LogP contribution in [0.1, 0.15) is 19.5 Å². The summed E-state index contributed by atoms with van der Waals surface area (Å²) >= 11 is 0. The molecule has 0 amide bonds. The van der Waals surface area contributed by atoms with E-state index in [1.807, 2.05) is 6.92 Å². The van der Waals surface area contributed by atoms with Gasteiger partial charge in [-0.25, -0.2) is 8.42 Å². The third kappa shape index (κ3) is 4.72. The molecule has 21 heavy (non-hydrogen) atoms. The van der Waals surface area contributed by atoms with Crippen molar-refractivity contribution in [1.29, 1.82) is 0 Å². The van der Waals surface area contributed by atoms with Gasteiger partial charge in [0, 0.05) is 32.0 Å². The molecule has 0 spiro atoms. The van der Waals surface area contributed by atoms with Crippen molar-refractivity contribution in [1.82, 2.24) is 14.2 Å². The SMILES string of the molecule is CCNCc1cc(S(=O)(=O)N(CC)CC(F)(F)F)cn1C. The fourth-order valence-corrected chi connectivity index (χ4v) is 3.39. The van der Waals surface area contributed by atoms with Crippen LogP contribution in [0.4, 0.5) is 13.2 Å². The van der Waals surface area contributed by atoms with Gasteiger partial charge >= 0.3 is 6.18 Å². The number of sulfonamides is 1. The van der Waals surface area contributed by atoms with Gasteiger partial charge in [0.05, 0.1) is 0 Å². The first-order chi connectivity index (χ1) is 9.61. The highest BCUT2D eigenvalue weighted by Crippen LogP contribution is 2.23. The Morgan fingerprint density at radius 3 is 2.43 bits per heavy atom. The van der Waals surface area contributed by atoms with Crippen LogP contribution in [0.15, 0.2) is 17.2 Å². The molecule has 0 atom stereocenters. The van der Waals surface area contributed by atoms with Crippen molar-refractivity contribution in [2.24, 2.45) is 7.05 Å². The maximum absolute atomic E-state index is 12.5. The van der Waals surface area contributed by atoms with Crippen molar-refractivity contribution >= 4 is 10.0 Å². The third-order valence-corrected chi connectivity index (χ3v) is 4.87. The second-order valence-electron chi connectivity index (χ2n) is 4.60. The van der Waals surface area contributed by atoms with Gasteiger partial charge in [0.2, 0.25) is 10.0 Å². The molecular weight excluding hydrogens is 307 g/mol. The van der Waals surface area contributed by atoms with Gasteiger partial charge in [-0.05, 0) is 12.6 Å². The van der Waals surface area contributed by atoms with Crippen LogP contribution in [0, 0.1) is 0 Å². The van der Waals surface area contributed by atoms with Crippen LogP contribution in [0.25, 0.3) is 0 Å². The number of hydrogen-bond donors (Lipinski definition) is 1. The van der Waals surface area contributed by atoms with E-state index >= 15 is 0 Å². The van der Waals surface area contributed by atoms with E-state index in [9.17, 15) is 21.6 Å². The normalized spacial score (nSPS) is 13.1. The predicted molar refractivity (Wildman–Crippen MR) is 73.3 cm³/mol.